The minimum Gasteiger partial charge on any atom is -0.466 e. The number of tetrazole rings is 1. The van der Waals surface area contributed by atoms with Crippen molar-refractivity contribution >= 4 is 12.0 Å². The topological polar surface area (TPSA) is 69.9 Å². The molecule has 0 amide bonds. The maximum absolute atomic E-state index is 11.7. The van der Waals surface area contributed by atoms with E-state index in [0.29, 0.717) is 17.8 Å². The largest absolute Gasteiger partial charge is 0.466 e. The molecular weight excluding hydrogens is 232 g/mol. The van der Waals surface area contributed by atoms with E-state index in [1.165, 1.54) is 7.11 Å². The molecule has 2 aromatic rings. The van der Waals surface area contributed by atoms with E-state index in [1.807, 2.05) is 24.3 Å². The van der Waals surface area contributed by atoms with Crippen LogP contribution in [-0.2, 0) is 16.0 Å². The Morgan fingerprint density at radius 3 is 3.06 bits per heavy atom. The quantitative estimate of drug-likeness (QED) is 0.691. The first-order valence-corrected chi connectivity index (χ1v) is 5.45. The number of carbonyl (C=O) groups is 1. The molecule has 0 radical (unpaired) electrons. The molecule has 0 spiro atoms. The van der Waals surface area contributed by atoms with Crippen molar-refractivity contribution in [3.63, 3.8) is 0 Å². The Hall–Kier alpha value is -2.50. The number of rotatable bonds is 1. The lowest BCUT2D eigenvalue weighted by molar-refractivity contribution is -0.136. The molecule has 0 aliphatic carbocycles. The Morgan fingerprint density at radius 2 is 2.22 bits per heavy atom. The first kappa shape index (κ1) is 10.6. The number of methoxy groups -OCH3 is 1. The molecule has 6 heteroatoms. The van der Waals surface area contributed by atoms with Gasteiger partial charge in [0.05, 0.1) is 12.8 Å². The molecule has 3 rings (SSSR count). The summed E-state index contributed by atoms with van der Waals surface area (Å²) in [6, 6.07) is 7.63. The zero-order valence-electron chi connectivity index (χ0n) is 9.70. The molecule has 2 heterocycles. The van der Waals surface area contributed by atoms with E-state index >= 15 is 0 Å². The summed E-state index contributed by atoms with van der Waals surface area (Å²) in [6.07, 6.45) is 2.16. The van der Waals surface area contributed by atoms with Crippen molar-refractivity contribution in [2.24, 2.45) is 0 Å². The van der Waals surface area contributed by atoms with E-state index in [1.54, 1.807) is 10.8 Å². The standard InChI is InChI=1S/C12H10N4O2/c1-18-12(17)9-6-8-4-2-3-5-10(8)16-11(7-9)13-14-15-16/h2-6H,7H2,1H3. The predicted octanol–water partition coefficient (Wildman–Crippen LogP) is 0.775. The molecule has 0 fully saturated rings. The number of nitrogens with zero attached hydrogens (tertiary/aromatic N) is 4. The van der Waals surface area contributed by atoms with Crippen LogP contribution >= 0.6 is 0 Å². The van der Waals surface area contributed by atoms with Gasteiger partial charge < -0.3 is 4.74 Å². The first-order valence-electron chi connectivity index (χ1n) is 5.45. The van der Waals surface area contributed by atoms with E-state index in [4.69, 9.17) is 4.74 Å². The smallest absolute Gasteiger partial charge is 0.334 e. The molecule has 0 atom stereocenters. The highest BCUT2D eigenvalue weighted by atomic mass is 16.5. The highest BCUT2D eigenvalue weighted by Gasteiger charge is 2.21. The molecule has 0 unspecified atom stereocenters. The molecule has 0 bridgehead atoms. The molecule has 90 valence electrons. The molecule has 1 aromatic carbocycles. The summed E-state index contributed by atoms with van der Waals surface area (Å²) in [4.78, 5) is 11.7. The van der Waals surface area contributed by atoms with Crippen molar-refractivity contribution in [3.05, 3.63) is 41.2 Å². The van der Waals surface area contributed by atoms with Crippen molar-refractivity contribution in [2.45, 2.75) is 6.42 Å². The summed E-state index contributed by atoms with van der Waals surface area (Å²) in [5.74, 6) is 0.262. The second-order valence-corrected chi connectivity index (χ2v) is 3.90. The summed E-state index contributed by atoms with van der Waals surface area (Å²) in [7, 11) is 1.36. The van der Waals surface area contributed by atoms with Crippen LogP contribution in [0.3, 0.4) is 0 Å². The van der Waals surface area contributed by atoms with E-state index in [0.717, 1.165) is 11.3 Å². The van der Waals surface area contributed by atoms with Gasteiger partial charge in [0, 0.05) is 17.6 Å². The lowest BCUT2D eigenvalue weighted by Crippen LogP contribution is -2.09. The van der Waals surface area contributed by atoms with Crippen LogP contribution in [0.5, 0.6) is 0 Å². The fourth-order valence-corrected chi connectivity index (χ4v) is 1.98. The lowest BCUT2D eigenvalue weighted by Gasteiger charge is -2.03. The van der Waals surface area contributed by atoms with Gasteiger partial charge in [0.25, 0.3) is 0 Å². The summed E-state index contributed by atoms with van der Waals surface area (Å²) in [5.41, 5.74) is 2.29. The number of ether oxygens (including phenoxy) is 1. The van der Waals surface area contributed by atoms with E-state index in [2.05, 4.69) is 15.5 Å². The Bertz CT molecular complexity index is 645. The molecule has 18 heavy (non-hydrogen) atoms. The average molecular weight is 242 g/mol. The minimum atomic E-state index is -0.360. The minimum absolute atomic E-state index is 0.356. The van der Waals surface area contributed by atoms with Gasteiger partial charge >= 0.3 is 5.97 Å². The van der Waals surface area contributed by atoms with E-state index < -0.39 is 0 Å². The summed E-state index contributed by atoms with van der Waals surface area (Å²) in [5, 5.41) is 11.5. The monoisotopic (exact) mass is 242 g/mol. The third kappa shape index (κ3) is 1.58. The third-order valence-corrected chi connectivity index (χ3v) is 2.82. The SMILES string of the molecule is COC(=O)C1=Cc2ccccc2-n2nnnc2C1. The van der Waals surface area contributed by atoms with Crippen LogP contribution in [-0.4, -0.2) is 33.3 Å². The Kier molecular flexibility index (Phi) is 2.40. The van der Waals surface area contributed by atoms with Gasteiger partial charge in [0.1, 0.15) is 0 Å². The van der Waals surface area contributed by atoms with Gasteiger partial charge in [-0.3, -0.25) is 0 Å². The molecule has 0 N–H and O–H groups in total. The van der Waals surface area contributed by atoms with Crippen LogP contribution in [0.1, 0.15) is 11.4 Å². The zero-order chi connectivity index (χ0) is 12.5. The van der Waals surface area contributed by atoms with Crippen molar-refractivity contribution in [1.29, 1.82) is 0 Å². The van der Waals surface area contributed by atoms with Crippen molar-refractivity contribution in [2.75, 3.05) is 7.11 Å². The number of carbonyl (C=O) groups excluding carboxylic acids is 1. The van der Waals surface area contributed by atoms with Crippen LogP contribution in [0.25, 0.3) is 11.8 Å². The van der Waals surface area contributed by atoms with Gasteiger partial charge in [-0.25, -0.2) is 4.79 Å². The second-order valence-electron chi connectivity index (χ2n) is 3.90. The van der Waals surface area contributed by atoms with Gasteiger partial charge in [-0.1, -0.05) is 18.2 Å². The fraction of sp³-hybridized carbons (Fsp3) is 0.167. The van der Waals surface area contributed by atoms with Crippen LogP contribution in [0.2, 0.25) is 0 Å². The number of aromatic nitrogens is 4. The Morgan fingerprint density at radius 1 is 1.39 bits per heavy atom. The predicted molar refractivity (Wildman–Crippen MR) is 62.9 cm³/mol. The van der Waals surface area contributed by atoms with Crippen molar-refractivity contribution in [3.8, 4) is 5.69 Å². The molecule has 0 saturated carbocycles. The Labute approximate surface area is 103 Å². The fourth-order valence-electron chi connectivity index (χ4n) is 1.98. The van der Waals surface area contributed by atoms with Gasteiger partial charge in [0.15, 0.2) is 5.82 Å². The molecule has 1 aliphatic rings. The number of hydrogen-bond donors (Lipinski definition) is 0. The van der Waals surface area contributed by atoms with Crippen LogP contribution in [0.4, 0.5) is 0 Å². The first-order chi connectivity index (χ1) is 8.79. The highest BCUT2D eigenvalue weighted by molar-refractivity contribution is 5.95. The van der Waals surface area contributed by atoms with Crippen molar-refractivity contribution < 1.29 is 9.53 Å². The summed E-state index contributed by atoms with van der Waals surface area (Å²) in [6.45, 7) is 0. The summed E-state index contributed by atoms with van der Waals surface area (Å²) >= 11 is 0. The molecule has 1 aliphatic heterocycles. The number of benzene rings is 1. The maximum Gasteiger partial charge on any atom is 0.334 e. The summed E-state index contributed by atoms with van der Waals surface area (Å²) < 4.78 is 6.41. The lowest BCUT2D eigenvalue weighted by atomic mass is 10.1. The average Bonchev–Trinajstić information content (AvgIpc) is 2.80. The van der Waals surface area contributed by atoms with Gasteiger partial charge in [0.2, 0.25) is 0 Å². The van der Waals surface area contributed by atoms with E-state index in [9.17, 15) is 4.79 Å². The second kappa shape index (κ2) is 4.06. The van der Waals surface area contributed by atoms with Gasteiger partial charge in [-0.05, 0) is 22.6 Å². The van der Waals surface area contributed by atoms with E-state index in [-0.39, 0.29) is 5.97 Å². The third-order valence-electron chi connectivity index (χ3n) is 2.82. The number of fused-ring (bicyclic) bond motifs is 3. The molecule has 1 aromatic heterocycles. The van der Waals surface area contributed by atoms with Crippen LogP contribution in [0.15, 0.2) is 29.8 Å². The molecule has 0 saturated heterocycles. The molecule has 6 nitrogen and oxygen atoms in total. The normalized spacial score (nSPS) is 13.1. The molecular formula is C12H10N4O2. The highest BCUT2D eigenvalue weighted by Crippen LogP contribution is 2.23. The van der Waals surface area contributed by atoms with Crippen LogP contribution in [0, 0.1) is 0 Å². The van der Waals surface area contributed by atoms with Crippen LogP contribution < -0.4 is 0 Å². The zero-order valence-corrected chi connectivity index (χ0v) is 9.70. The number of hydrogen-bond acceptors (Lipinski definition) is 5. The van der Waals surface area contributed by atoms with Gasteiger partial charge in [-0.15, -0.1) is 5.10 Å². The number of esters is 1. The maximum atomic E-state index is 11.7. The van der Waals surface area contributed by atoms with Crippen molar-refractivity contribution in [1.82, 2.24) is 20.2 Å². The number of para-hydroxylation sites is 1. The van der Waals surface area contributed by atoms with Gasteiger partial charge in [-0.2, -0.15) is 4.68 Å². The Balaban J connectivity index is 2.22.